The molecule has 0 atom stereocenters. The van der Waals surface area contributed by atoms with E-state index >= 15 is 0 Å². The number of rotatable bonds is 3. The predicted octanol–water partition coefficient (Wildman–Crippen LogP) is 11.9. The molecule has 7 aromatic carbocycles. The van der Waals surface area contributed by atoms with Crippen molar-refractivity contribution in [1.29, 1.82) is 0 Å². The van der Waals surface area contributed by atoms with E-state index in [1.807, 2.05) is 0 Å². The molecule has 11 aromatic rings. The molecule has 0 aliphatic heterocycles. The van der Waals surface area contributed by atoms with Crippen molar-refractivity contribution < 1.29 is 0 Å². The average molecular weight is 643 g/mol. The molecule has 49 heavy (non-hydrogen) atoms. The summed E-state index contributed by atoms with van der Waals surface area (Å²) in [6, 6.07) is 56.5. The highest BCUT2D eigenvalue weighted by Gasteiger charge is 2.22. The van der Waals surface area contributed by atoms with Crippen LogP contribution < -0.4 is 0 Å². The minimum absolute atomic E-state index is 0.837. The Labute approximate surface area is 284 Å². The molecule has 0 saturated heterocycles. The SMILES string of the molecule is c1ccc(-n2c3ccccc3c3cc(-c4nc5sc6ccccc6c5nc4-n4c5ccccc5c5cc6ccccc6cc54)ccc32)cc1. The predicted molar refractivity (Wildman–Crippen MR) is 207 cm³/mol. The largest absolute Gasteiger partial charge is 0.309 e. The Morgan fingerprint density at radius 1 is 0.429 bits per heavy atom. The molecule has 4 nitrogen and oxygen atoms in total. The summed E-state index contributed by atoms with van der Waals surface area (Å²) in [4.78, 5) is 12.0. The van der Waals surface area contributed by atoms with Gasteiger partial charge in [0, 0.05) is 42.9 Å². The van der Waals surface area contributed by atoms with E-state index in [1.54, 1.807) is 11.3 Å². The lowest BCUT2D eigenvalue weighted by Crippen LogP contribution is -2.03. The molecule has 0 bridgehead atoms. The number of para-hydroxylation sites is 3. The molecule has 0 radical (unpaired) electrons. The molecular formula is C44H26N4S. The van der Waals surface area contributed by atoms with E-state index in [9.17, 15) is 0 Å². The number of hydrogen-bond acceptors (Lipinski definition) is 3. The first-order valence-corrected chi connectivity index (χ1v) is 17.3. The summed E-state index contributed by atoms with van der Waals surface area (Å²) in [6.07, 6.45) is 0. The zero-order valence-electron chi connectivity index (χ0n) is 26.2. The van der Waals surface area contributed by atoms with Crippen molar-refractivity contribution in [2.24, 2.45) is 0 Å². The lowest BCUT2D eigenvalue weighted by Gasteiger charge is -2.13. The number of aromatic nitrogens is 4. The van der Waals surface area contributed by atoms with Crippen LogP contribution in [0.2, 0.25) is 0 Å². The van der Waals surface area contributed by atoms with Crippen LogP contribution in [0.15, 0.2) is 158 Å². The molecule has 4 heterocycles. The first-order valence-electron chi connectivity index (χ1n) is 16.5. The summed E-state index contributed by atoms with van der Waals surface area (Å²) >= 11 is 1.71. The van der Waals surface area contributed by atoms with Gasteiger partial charge in [0.25, 0.3) is 0 Å². The maximum atomic E-state index is 5.56. The molecule has 0 aliphatic carbocycles. The summed E-state index contributed by atoms with van der Waals surface area (Å²) < 4.78 is 5.88. The van der Waals surface area contributed by atoms with Crippen LogP contribution in [0.25, 0.3) is 97.6 Å². The van der Waals surface area contributed by atoms with Gasteiger partial charge in [-0.15, -0.1) is 11.3 Å². The Balaban J connectivity index is 1.27. The molecule has 0 unspecified atom stereocenters. The minimum atomic E-state index is 0.837. The van der Waals surface area contributed by atoms with Gasteiger partial charge >= 0.3 is 0 Å². The normalized spacial score (nSPS) is 12.1. The fourth-order valence-electron chi connectivity index (χ4n) is 7.72. The van der Waals surface area contributed by atoms with Crippen LogP contribution >= 0.6 is 11.3 Å². The molecule has 0 saturated carbocycles. The first-order chi connectivity index (χ1) is 24.3. The average Bonchev–Trinajstić information content (AvgIpc) is 3.80. The van der Waals surface area contributed by atoms with Gasteiger partial charge in [-0.05, 0) is 65.4 Å². The van der Waals surface area contributed by atoms with Crippen LogP contribution in [0.1, 0.15) is 0 Å². The molecule has 0 spiro atoms. The summed E-state index contributed by atoms with van der Waals surface area (Å²) in [5.41, 5.74) is 8.57. The minimum Gasteiger partial charge on any atom is -0.309 e. The lowest BCUT2D eigenvalue weighted by molar-refractivity contribution is 1.09. The van der Waals surface area contributed by atoms with Gasteiger partial charge in [0.15, 0.2) is 5.82 Å². The van der Waals surface area contributed by atoms with Gasteiger partial charge in [-0.2, -0.15) is 0 Å². The van der Waals surface area contributed by atoms with E-state index in [2.05, 4.69) is 167 Å². The van der Waals surface area contributed by atoms with Gasteiger partial charge in [0.05, 0.1) is 22.1 Å². The van der Waals surface area contributed by atoms with Gasteiger partial charge in [-0.1, -0.05) is 103 Å². The van der Waals surface area contributed by atoms with Crippen LogP contribution in [0.4, 0.5) is 0 Å². The second-order valence-electron chi connectivity index (χ2n) is 12.6. The standard InChI is InChI=1S/C44H26N4S/c1-2-14-30(15-3-1)47-36-19-9-6-16-31(36)34-25-29(22-23-38(34)47)41-43(45-42-33-18-8-11-21-40(33)49-44(42)46-41)48-37-20-10-7-17-32(37)35-24-27-12-4-5-13-28(27)26-39(35)48/h1-26H. The highest BCUT2D eigenvalue weighted by molar-refractivity contribution is 7.25. The maximum absolute atomic E-state index is 5.56. The second kappa shape index (κ2) is 10.1. The molecule has 5 heteroatoms. The van der Waals surface area contributed by atoms with E-state index in [0.717, 1.165) is 55.0 Å². The number of hydrogen-bond donors (Lipinski definition) is 0. The Kier molecular flexibility index (Phi) is 5.51. The van der Waals surface area contributed by atoms with Gasteiger partial charge in [-0.3, -0.25) is 4.57 Å². The Morgan fingerprint density at radius 2 is 1.04 bits per heavy atom. The van der Waals surface area contributed by atoms with Gasteiger partial charge in [-0.25, -0.2) is 9.97 Å². The summed E-state index contributed by atoms with van der Waals surface area (Å²) in [5.74, 6) is 0.837. The summed E-state index contributed by atoms with van der Waals surface area (Å²) in [5, 5.41) is 8.37. The molecule has 4 aromatic heterocycles. The van der Waals surface area contributed by atoms with Gasteiger partial charge < -0.3 is 4.57 Å². The van der Waals surface area contributed by atoms with Crippen molar-refractivity contribution >= 4 is 86.2 Å². The smallest absolute Gasteiger partial charge is 0.165 e. The molecule has 228 valence electrons. The molecule has 11 rings (SSSR count). The maximum Gasteiger partial charge on any atom is 0.165 e. The van der Waals surface area contributed by atoms with Crippen LogP contribution in [0.3, 0.4) is 0 Å². The van der Waals surface area contributed by atoms with Crippen LogP contribution in [0.5, 0.6) is 0 Å². The van der Waals surface area contributed by atoms with Crippen molar-refractivity contribution in [3.05, 3.63) is 158 Å². The monoisotopic (exact) mass is 642 g/mol. The zero-order valence-corrected chi connectivity index (χ0v) is 27.0. The van der Waals surface area contributed by atoms with Crippen molar-refractivity contribution in [3.63, 3.8) is 0 Å². The van der Waals surface area contributed by atoms with E-state index < -0.39 is 0 Å². The Bertz CT molecular complexity index is 3110. The number of fused-ring (bicyclic) bond motifs is 10. The third-order valence-corrected chi connectivity index (χ3v) is 11.0. The Hall–Kier alpha value is -6.30. The quantitative estimate of drug-likeness (QED) is 0.192. The van der Waals surface area contributed by atoms with Gasteiger partial charge in [0.2, 0.25) is 0 Å². The van der Waals surface area contributed by atoms with Gasteiger partial charge in [0.1, 0.15) is 16.0 Å². The molecule has 0 aliphatic rings. The Morgan fingerprint density at radius 3 is 1.84 bits per heavy atom. The lowest BCUT2D eigenvalue weighted by atomic mass is 10.1. The zero-order chi connectivity index (χ0) is 32.1. The van der Waals surface area contributed by atoms with Crippen LogP contribution in [-0.2, 0) is 0 Å². The van der Waals surface area contributed by atoms with E-state index in [0.29, 0.717) is 0 Å². The number of benzene rings is 7. The van der Waals surface area contributed by atoms with Crippen molar-refractivity contribution in [2.45, 2.75) is 0 Å². The summed E-state index contributed by atoms with van der Waals surface area (Å²) in [6.45, 7) is 0. The third kappa shape index (κ3) is 3.85. The molecule has 0 N–H and O–H groups in total. The van der Waals surface area contributed by atoms with Crippen LogP contribution in [-0.4, -0.2) is 19.1 Å². The third-order valence-electron chi connectivity index (χ3n) is 9.91. The van der Waals surface area contributed by atoms with Crippen LogP contribution in [0, 0.1) is 0 Å². The topological polar surface area (TPSA) is 35.6 Å². The molecular weight excluding hydrogens is 617 g/mol. The number of thiophene rings is 1. The van der Waals surface area contributed by atoms with E-state index in [4.69, 9.17) is 9.97 Å². The highest BCUT2D eigenvalue weighted by Crippen LogP contribution is 2.41. The second-order valence-corrected chi connectivity index (χ2v) is 13.7. The van der Waals surface area contributed by atoms with Crippen molar-refractivity contribution in [3.8, 4) is 22.8 Å². The van der Waals surface area contributed by atoms with E-state index in [1.165, 1.54) is 42.5 Å². The fraction of sp³-hybridized carbons (Fsp3) is 0. The van der Waals surface area contributed by atoms with Crippen molar-refractivity contribution in [2.75, 3.05) is 0 Å². The van der Waals surface area contributed by atoms with Crippen molar-refractivity contribution in [1.82, 2.24) is 19.1 Å². The molecule has 0 amide bonds. The number of nitrogens with zero attached hydrogens (tertiary/aromatic N) is 4. The first kappa shape index (κ1) is 26.7. The summed E-state index contributed by atoms with van der Waals surface area (Å²) in [7, 11) is 0. The molecule has 0 fully saturated rings. The highest BCUT2D eigenvalue weighted by atomic mass is 32.1. The van der Waals surface area contributed by atoms with E-state index in [-0.39, 0.29) is 0 Å². The fourth-order valence-corrected chi connectivity index (χ4v) is 8.74.